The highest BCUT2D eigenvalue weighted by molar-refractivity contribution is 6.01. The second kappa shape index (κ2) is 5.49. The lowest BCUT2D eigenvalue weighted by molar-refractivity contribution is 0.364. The van der Waals surface area contributed by atoms with Crippen LogP contribution in [-0.2, 0) is 0 Å². The molecule has 2 nitrogen and oxygen atoms in total. The van der Waals surface area contributed by atoms with Gasteiger partial charge in [0.25, 0.3) is 0 Å². The fraction of sp³-hybridized carbons (Fsp3) is 0.278. The van der Waals surface area contributed by atoms with Crippen LogP contribution in [0.4, 0.5) is 0 Å². The largest absolute Gasteiger partial charge is 0.345 e. The summed E-state index contributed by atoms with van der Waals surface area (Å²) >= 11 is 0. The summed E-state index contributed by atoms with van der Waals surface area (Å²) in [6, 6.07) is 19.1. The Kier molecular flexibility index (Phi) is 3.55. The van der Waals surface area contributed by atoms with Gasteiger partial charge in [0, 0.05) is 12.1 Å². The Bertz CT molecular complexity index is 604. The maximum absolute atomic E-state index is 8.47. The van der Waals surface area contributed by atoms with E-state index in [9.17, 15) is 0 Å². The van der Waals surface area contributed by atoms with E-state index in [-0.39, 0.29) is 6.04 Å². The number of amidine groups is 1. The van der Waals surface area contributed by atoms with Crippen molar-refractivity contribution in [2.24, 2.45) is 0 Å². The van der Waals surface area contributed by atoms with Crippen molar-refractivity contribution in [1.29, 1.82) is 5.41 Å². The Hall–Kier alpha value is -2.09. The van der Waals surface area contributed by atoms with Crippen LogP contribution in [0.3, 0.4) is 0 Å². The van der Waals surface area contributed by atoms with Crippen LogP contribution in [0.25, 0.3) is 0 Å². The summed E-state index contributed by atoms with van der Waals surface area (Å²) < 4.78 is 0. The predicted octanol–water partition coefficient (Wildman–Crippen LogP) is 4.22. The molecule has 1 aliphatic heterocycles. The molecule has 0 fully saturated rings. The third kappa shape index (κ3) is 2.11. The van der Waals surface area contributed by atoms with Gasteiger partial charge in [0.2, 0.25) is 0 Å². The molecule has 3 rings (SSSR count). The van der Waals surface area contributed by atoms with Crippen LogP contribution in [0.5, 0.6) is 0 Å². The van der Waals surface area contributed by atoms with Gasteiger partial charge in [-0.25, -0.2) is 0 Å². The molecule has 20 heavy (non-hydrogen) atoms. The van der Waals surface area contributed by atoms with Crippen molar-refractivity contribution in [2.75, 3.05) is 6.54 Å². The van der Waals surface area contributed by atoms with Crippen molar-refractivity contribution >= 4 is 5.84 Å². The number of rotatable bonds is 4. The van der Waals surface area contributed by atoms with E-state index in [1.54, 1.807) is 0 Å². The normalized spacial score (nSPS) is 17.4. The topological polar surface area (TPSA) is 27.1 Å². The van der Waals surface area contributed by atoms with Gasteiger partial charge in [-0.2, -0.15) is 0 Å². The second-order valence-electron chi connectivity index (χ2n) is 5.30. The SMILES string of the molecule is CCCCN1C(=N)c2ccccc2C1c1ccccc1. The maximum atomic E-state index is 8.47. The Labute approximate surface area is 120 Å². The lowest BCUT2D eigenvalue weighted by atomic mass is 9.98. The van der Waals surface area contributed by atoms with E-state index in [0.29, 0.717) is 5.84 Å². The number of benzene rings is 2. The van der Waals surface area contributed by atoms with E-state index in [4.69, 9.17) is 5.41 Å². The molecule has 1 aliphatic rings. The zero-order valence-electron chi connectivity index (χ0n) is 11.8. The van der Waals surface area contributed by atoms with Gasteiger partial charge in [-0.1, -0.05) is 67.9 Å². The Morgan fingerprint density at radius 3 is 2.45 bits per heavy atom. The lowest BCUT2D eigenvalue weighted by Crippen LogP contribution is -2.29. The van der Waals surface area contributed by atoms with Crippen molar-refractivity contribution in [1.82, 2.24) is 4.90 Å². The first-order chi connectivity index (χ1) is 9.83. The smallest absolute Gasteiger partial charge is 0.129 e. The highest BCUT2D eigenvalue weighted by atomic mass is 15.2. The van der Waals surface area contributed by atoms with Crippen molar-refractivity contribution in [3.05, 3.63) is 71.3 Å². The van der Waals surface area contributed by atoms with Gasteiger partial charge in [-0.05, 0) is 17.5 Å². The van der Waals surface area contributed by atoms with Crippen molar-refractivity contribution < 1.29 is 0 Å². The lowest BCUT2D eigenvalue weighted by Gasteiger charge is -2.27. The average Bonchev–Trinajstić information content (AvgIpc) is 2.79. The van der Waals surface area contributed by atoms with Gasteiger partial charge in [-0.15, -0.1) is 0 Å². The molecule has 0 aliphatic carbocycles. The number of nitrogens with one attached hydrogen (secondary N) is 1. The van der Waals surface area contributed by atoms with Crippen molar-refractivity contribution in [3.8, 4) is 0 Å². The Balaban J connectivity index is 2.05. The van der Waals surface area contributed by atoms with Crippen LogP contribution in [-0.4, -0.2) is 17.3 Å². The van der Waals surface area contributed by atoms with Crippen LogP contribution in [0.15, 0.2) is 54.6 Å². The molecule has 0 radical (unpaired) electrons. The van der Waals surface area contributed by atoms with Gasteiger partial charge in [-0.3, -0.25) is 5.41 Å². The molecule has 1 N–H and O–H groups in total. The van der Waals surface area contributed by atoms with E-state index in [0.717, 1.165) is 24.9 Å². The molecule has 0 aromatic heterocycles. The molecule has 0 saturated heterocycles. The van der Waals surface area contributed by atoms with E-state index in [1.165, 1.54) is 11.1 Å². The van der Waals surface area contributed by atoms with E-state index < -0.39 is 0 Å². The first kappa shape index (κ1) is 12.9. The van der Waals surface area contributed by atoms with Crippen LogP contribution in [0.2, 0.25) is 0 Å². The molecule has 0 saturated carbocycles. The molecule has 1 atom stereocenters. The molecular weight excluding hydrogens is 244 g/mol. The minimum Gasteiger partial charge on any atom is -0.345 e. The average molecular weight is 264 g/mol. The maximum Gasteiger partial charge on any atom is 0.129 e. The summed E-state index contributed by atoms with van der Waals surface area (Å²) in [5.41, 5.74) is 3.62. The summed E-state index contributed by atoms with van der Waals surface area (Å²) in [6.45, 7) is 3.15. The third-order valence-corrected chi connectivity index (χ3v) is 3.98. The molecule has 0 bridgehead atoms. The molecule has 0 spiro atoms. The summed E-state index contributed by atoms with van der Waals surface area (Å²) in [5, 5.41) is 8.47. The molecule has 2 heteroatoms. The summed E-state index contributed by atoms with van der Waals surface area (Å²) in [4.78, 5) is 2.24. The third-order valence-electron chi connectivity index (χ3n) is 3.98. The van der Waals surface area contributed by atoms with E-state index in [1.807, 2.05) is 12.1 Å². The van der Waals surface area contributed by atoms with Crippen LogP contribution >= 0.6 is 0 Å². The molecule has 102 valence electrons. The van der Waals surface area contributed by atoms with E-state index in [2.05, 4.69) is 54.3 Å². The number of fused-ring (bicyclic) bond motifs is 1. The second-order valence-corrected chi connectivity index (χ2v) is 5.30. The van der Waals surface area contributed by atoms with E-state index >= 15 is 0 Å². The Morgan fingerprint density at radius 1 is 1.00 bits per heavy atom. The molecule has 1 heterocycles. The molecule has 1 unspecified atom stereocenters. The minimum absolute atomic E-state index is 0.200. The number of unbranched alkanes of at least 4 members (excludes halogenated alkanes) is 1. The fourth-order valence-electron chi connectivity index (χ4n) is 2.97. The predicted molar refractivity (Wildman–Crippen MR) is 83.2 cm³/mol. The summed E-state index contributed by atoms with van der Waals surface area (Å²) in [7, 11) is 0. The molecule has 0 amide bonds. The number of nitrogens with zero attached hydrogens (tertiary/aromatic N) is 1. The zero-order chi connectivity index (χ0) is 13.9. The van der Waals surface area contributed by atoms with Crippen LogP contribution in [0, 0.1) is 5.41 Å². The first-order valence-electron chi connectivity index (χ1n) is 7.32. The van der Waals surface area contributed by atoms with Crippen molar-refractivity contribution in [3.63, 3.8) is 0 Å². The highest BCUT2D eigenvalue weighted by Crippen LogP contribution is 2.38. The zero-order valence-corrected chi connectivity index (χ0v) is 11.8. The number of hydrogen-bond acceptors (Lipinski definition) is 1. The minimum atomic E-state index is 0.200. The van der Waals surface area contributed by atoms with Gasteiger partial charge in [0.1, 0.15) is 5.84 Å². The molecule has 2 aromatic carbocycles. The quantitative estimate of drug-likeness (QED) is 0.879. The summed E-state index contributed by atoms with van der Waals surface area (Å²) in [6.07, 6.45) is 2.28. The first-order valence-corrected chi connectivity index (χ1v) is 7.32. The number of hydrogen-bond donors (Lipinski definition) is 1. The standard InChI is InChI=1S/C18H20N2/c1-2-3-13-20-17(14-9-5-4-6-10-14)15-11-7-8-12-16(15)18(20)19/h4-12,17,19H,2-3,13H2,1H3. The van der Waals surface area contributed by atoms with Crippen LogP contribution in [0.1, 0.15) is 42.5 Å². The monoisotopic (exact) mass is 264 g/mol. The summed E-state index contributed by atoms with van der Waals surface area (Å²) in [5.74, 6) is 0.669. The van der Waals surface area contributed by atoms with Gasteiger partial charge in [0.15, 0.2) is 0 Å². The van der Waals surface area contributed by atoms with Gasteiger partial charge in [0.05, 0.1) is 6.04 Å². The van der Waals surface area contributed by atoms with Gasteiger partial charge >= 0.3 is 0 Å². The van der Waals surface area contributed by atoms with Crippen molar-refractivity contribution in [2.45, 2.75) is 25.8 Å². The molecule has 2 aromatic rings. The highest BCUT2D eigenvalue weighted by Gasteiger charge is 2.34. The fourth-order valence-corrected chi connectivity index (χ4v) is 2.97. The van der Waals surface area contributed by atoms with Crippen LogP contribution < -0.4 is 0 Å². The Morgan fingerprint density at radius 2 is 1.70 bits per heavy atom. The van der Waals surface area contributed by atoms with Gasteiger partial charge < -0.3 is 4.90 Å². The molecular formula is C18H20N2.